The predicted octanol–water partition coefficient (Wildman–Crippen LogP) is 1.27. The minimum Gasteiger partial charge on any atom is -0.467 e. The van der Waals surface area contributed by atoms with Crippen LogP contribution in [0.4, 0.5) is 0 Å². The third-order valence-corrected chi connectivity index (χ3v) is 5.60. The molecule has 0 bridgehead atoms. The van der Waals surface area contributed by atoms with E-state index in [-0.39, 0.29) is 17.9 Å². The van der Waals surface area contributed by atoms with Crippen LogP contribution in [0.5, 0.6) is 0 Å². The smallest absolute Gasteiger partial charge is 0.226 e. The zero-order valence-corrected chi connectivity index (χ0v) is 14.0. The fourth-order valence-corrected chi connectivity index (χ4v) is 4.23. The molecule has 3 fully saturated rings. The Morgan fingerprint density at radius 3 is 2.96 bits per heavy atom. The van der Waals surface area contributed by atoms with Crippen LogP contribution in [0, 0.1) is 17.8 Å². The average Bonchev–Trinajstić information content (AvgIpc) is 3.30. The molecule has 24 heavy (non-hydrogen) atoms. The van der Waals surface area contributed by atoms with Gasteiger partial charge in [-0.3, -0.25) is 4.79 Å². The molecule has 4 heterocycles. The molecule has 3 aliphatic rings. The second-order valence-electron chi connectivity index (χ2n) is 7.21. The zero-order chi connectivity index (χ0) is 16.4. The van der Waals surface area contributed by atoms with Crippen molar-refractivity contribution < 1.29 is 18.7 Å². The van der Waals surface area contributed by atoms with Gasteiger partial charge in [-0.1, -0.05) is 0 Å². The molecule has 3 atom stereocenters. The molecule has 0 spiro atoms. The highest BCUT2D eigenvalue weighted by molar-refractivity contribution is 5.79. The second kappa shape index (κ2) is 7.25. The summed E-state index contributed by atoms with van der Waals surface area (Å²) in [6, 6.07) is 3.71. The van der Waals surface area contributed by atoms with Crippen LogP contribution < -0.4 is 5.32 Å². The number of hydrogen-bond acceptors (Lipinski definition) is 5. The molecule has 1 amide bonds. The molecule has 1 aromatic rings. The molecule has 0 aliphatic carbocycles. The maximum absolute atomic E-state index is 12.5. The van der Waals surface area contributed by atoms with Gasteiger partial charge in [0, 0.05) is 38.8 Å². The van der Waals surface area contributed by atoms with E-state index in [2.05, 4.69) is 10.2 Å². The maximum atomic E-state index is 12.5. The van der Waals surface area contributed by atoms with Crippen molar-refractivity contribution in [3.8, 4) is 0 Å². The average molecular weight is 334 g/mol. The number of furan rings is 1. The maximum Gasteiger partial charge on any atom is 0.226 e. The lowest BCUT2D eigenvalue weighted by atomic mass is 9.92. The number of nitrogens with one attached hydrogen (secondary N) is 1. The number of amides is 1. The molecule has 4 rings (SSSR count). The molecule has 6 heteroatoms. The van der Waals surface area contributed by atoms with Crippen LogP contribution >= 0.6 is 0 Å². The molecule has 6 nitrogen and oxygen atoms in total. The highest BCUT2D eigenvalue weighted by Crippen LogP contribution is 2.34. The van der Waals surface area contributed by atoms with Gasteiger partial charge in [-0.2, -0.15) is 0 Å². The van der Waals surface area contributed by atoms with Crippen LogP contribution in [0.2, 0.25) is 0 Å². The van der Waals surface area contributed by atoms with E-state index >= 15 is 0 Å². The number of rotatable bonds is 5. The van der Waals surface area contributed by atoms with Gasteiger partial charge in [0.1, 0.15) is 5.76 Å². The summed E-state index contributed by atoms with van der Waals surface area (Å²) in [7, 11) is 0. The van der Waals surface area contributed by atoms with E-state index in [1.54, 1.807) is 6.26 Å². The van der Waals surface area contributed by atoms with Crippen LogP contribution in [0.25, 0.3) is 0 Å². The Kier molecular flexibility index (Phi) is 4.87. The van der Waals surface area contributed by atoms with Crippen molar-refractivity contribution >= 4 is 5.91 Å². The Balaban J connectivity index is 1.28. The third kappa shape index (κ3) is 3.50. The number of carbonyl (C=O) groups is 1. The van der Waals surface area contributed by atoms with Crippen molar-refractivity contribution in [1.29, 1.82) is 0 Å². The number of nitrogens with zero attached hydrogens (tertiary/aromatic N) is 1. The zero-order valence-electron chi connectivity index (χ0n) is 14.0. The first-order valence-corrected chi connectivity index (χ1v) is 9.01. The molecule has 1 aromatic heterocycles. The van der Waals surface area contributed by atoms with Crippen LogP contribution in [0.1, 0.15) is 18.6 Å². The Labute approximate surface area is 142 Å². The van der Waals surface area contributed by atoms with Gasteiger partial charge in [-0.15, -0.1) is 0 Å². The first-order chi connectivity index (χ1) is 11.8. The summed E-state index contributed by atoms with van der Waals surface area (Å²) in [5.74, 6) is 1.88. The molecular formula is C18H26N2O4. The van der Waals surface area contributed by atoms with Crippen molar-refractivity contribution in [2.75, 3.05) is 39.5 Å². The van der Waals surface area contributed by atoms with Gasteiger partial charge >= 0.3 is 0 Å². The summed E-state index contributed by atoms with van der Waals surface area (Å²) in [5, 5.41) is 2.99. The van der Waals surface area contributed by atoms with Crippen molar-refractivity contribution in [3.05, 3.63) is 24.2 Å². The summed E-state index contributed by atoms with van der Waals surface area (Å²) in [6.07, 6.45) is 4.14. The summed E-state index contributed by atoms with van der Waals surface area (Å²) in [5.41, 5.74) is 0. The molecule has 0 aromatic carbocycles. The number of carbonyl (C=O) groups excluding carboxylic acids is 1. The molecule has 3 saturated heterocycles. The monoisotopic (exact) mass is 334 g/mol. The minimum atomic E-state index is -0.0374. The highest BCUT2D eigenvalue weighted by Gasteiger charge is 2.46. The van der Waals surface area contributed by atoms with Crippen molar-refractivity contribution in [3.63, 3.8) is 0 Å². The van der Waals surface area contributed by atoms with E-state index in [0.717, 1.165) is 57.4 Å². The van der Waals surface area contributed by atoms with Gasteiger partial charge in [0.25, 0.3) is 0 Å². The summed E-state index contributed by atoms with van der Waals surface area (Å²) < 4.78 is 16.6. The molecule has 0 radical (unpaired) electrons. The van der Waals surface area contributed by atoms with Gasteiger partial charge in [0.15, 0.2) is 0 Å². The molecule has 3 aliphatic heterocycles. The highest BCUT2D eigenvalue weighted by atomic mass is 16.5. The van der Waals surface area contributed by atoms with Crippen LogP contribution in [0.15, 0.2) is 22.8 Å². The molecule has 132 valence electrons. The first-order valence-electron chi connectivity index (χ1n) is 9.01. The number of ether oxygens (including phenoxy) is 2. The standard InChI is InChI=1S/C18H26N2O4/c21-18(19-8-14-2-1-5-23-14)16-12-24-17-11-20(10-15(16)17)9-13-3-6-22-7-4-13/h1-2,5,13,15-17H,3-4,6-12H2,(H,19,21)/t15-,16+,17-/m0/s1. The number of hydrogen-bond donors (Lipinski definition) is 1. The van der Waals surface area contributed by atoms with Crippen LogP contribution in [-0.2, 0) is 20.8 Å². The summed E-state index contributed by atoms with van der Waals surface area (Å²) >= 11 is 0. The summed E-state index contributed by atoms with van der Waals surface area (Å²) in [4.78, 5) is 15.0. The van der Waals surface area contributed by atoms with Crippen molar-refractivity contribution in [2.24, 2.45) is 17.8 Å². The van der Waals surface area contributed by atoms with E-state index in [4.69, 9.17) is 13.9 Å². The topological polar surface area (TPSA) is 63.9 Å². The van der Waals surface area contributed by atoms with E-state index in [1.165, 1.54) is 0 Å². The molecule has 0 unspecified atom stereocenters. The lowest BCUT2D eigenvalue weighted by Gasteiger charge is -2.27. The Hall–Kier alpha value is -1.37. The van der Waals surface area contributed by atoms with E-state index < -0.39 is 0 Å². The minimum absolute atomic E-state index is 0.0374. The van der Waals surface area contributed by atoms with Crippen LogP contribution in [-0.4, -0.2) is 56.4 Å². The lowest BCUT2D eigenvalue weighted by molar-refractivity contribution is -0.126. The van der Waals surface area contributed by atoms with Gasteiger partial charge < -0.3 is 24.1 Å². The van der Waals surface area contributed by atoms with Gasteiger partial charge in [-0.05, 0) is 30.9 Å². The lowest BCUT2D eigenvalue weighted by Crippen LogP contribution is -2.37. The quantitative estimate of drug-likeness (QED) is 0.878. The fraction of sp³-hybridized carbons (Fsp3) is 0.722. The summed E-state index contributed by atoms with van der Waals surface area (Å²) in [6.45, 7) is 5.82. The van der Waals surface area contributed by atoms with Crippen LogP contribution in [0.3, 0.4) is 0 Å². The van der Waals surface area contributed by atoms with Gasteiger partial charge in [0.05, 0.1) is 31.4 Å². The second-order valence-corrected chi connectivity index (χ2v) is 7.21. The van der Waals surface area contributed by atoms with E-state index in [9.17, 15) is 4.79 Å². The van der Waals surface area contributed by atoms with E-state index in [0.29, 0.717) is 19.1 Å². The number of likely N-dealkylation sites (tertiary alicyclic amines) is 1. The molecule has 1 N–H and O–H groups in total. The fourth-order valence-electron chi connectivity index (χ4n) is 4.23. The predicted molar refractivity (Wildman–Crippen MR) is 87.3 cm³/mol. The normalized spacial score (nSPS) is 31.2. The van der Waals surface area contributed by atoms with Gasteiger partial charge in [-0.25, -0.2) is 0 Å². The first kappa shape index (κ1) is 16.1. The molecule has 0 saturated carbocycles. The Morgan fingerprint density at radius 1 is 1.29 bits per heavy atom. The van der Waals surface area contributed by atoms with Gasteiger partial charge in [0.2, 0.25) is 5.91 Å². The van der Waals surface area contributed by atoms with Crippen molar-refractivity contribution in [2.45, 2.75) is 25.5 Å². The Morgan fingerprint density at radius 2 is 2.17 bits per heavy atom. The van der Waals surface area contributed by atoms with E-state index in [1.807, 2.05) is 12.1 Å². The SMILES string of the molecule is O=C(NCc1ccco1)[C@@H]1CO[C@H]2CN(CC3CCOCC3)C[C@H]21. The molecular weight excluding hydrogens is 308 g/mol. The third-order valence-electron chi connectivity index (χ3n) is 5.60. The number of fused-ring (bicyclic) bond motifs is 1. The van der Waals surface area contributed by atoms with Crippen molar-refractivity contribution in [1.82, 2.24) is 10.2 Å². The largest absolute Gasteiger partial charge is 0.467 e. The Bertz CT molecular complexity index is 541.